The molecule has 0 rings (SSSR count). The molecule has 0 aromatic rings. The number of hydrogen-bond donors (Lipinski definition) is 2. The van der Waals surface area contributed by atoms with E-state index in [4.69, 9.17) is 5.21 Å². The number of carbonyl (C=O) groups is 2. The molecule has 0 aliphatic heterocycles. The van der Waals surface area contributed by atoms with Crippen molar-refractivity contribution >= 4 is 12.3 Å². The maximum atomic E-state index is 10.5. The predicted molar refractivity (Wildman–Crippen MR) is 37.8 cm³/mol. The van der Waals surface area contributed by atoms with Gasteiger partial charge in [-0.15, -0.1) is 0 Å². The van der Waals surface area contributed by atoms with Gasteiger partial charge in [0.25, 0.3) is 0 Å². The third-order valence-electron chi connectivity index (χ3n) is 0.947. The normalized spacial score (nSPS) is 8.45. The molecular weight excluding hydrogens is 148 g/mol. The molecule has 0 aromatic heterocycles. The van der Waals surface area contributed by atoms with Crippen molar-refractivity contribution in [2.45, 2.75) is 0 Å². The number of carbonyl (C=O) groups excluding carboxylic acids is 2. The van der Waals surface area contributed by atoms with E-state index in [2.05, 4.69) is 11.9 Å². The second-order valence-electron chi connectivity index (χ2n) is 1.76. The predicted octanol–water partition coefficient (Wildman–Crippen LogP) is -0.864. The Kier molecular flexibility index (Phi) is 4.76. The van der Waals surface area contributed by atoms with E-state index in [0.29, 0.717) is 5.06 Å². The molecule has 2 N–H and O–H groups in total. The van der Waals surface area contributed by atoms with E-state index >= 15 is 0 Å². The van der Waals surface area contributed by atoms with Gasteiger partial charge in [0, 0.05) is 6.54 Å². The number of rotatable bonds is 5. The summed E-state index contributed by atoms with van der Waals surface area (Å²) in [6, 6.07) is 0. The van der Waals surface area contributed by atoms with Crippen LogP contribution in [0.1, 0.15) is 0 Å². The summed E-state index contributed by atoms with van der Waals surface area (Å²) in [4.78, 5) is 20.3. The van der Waals surface area contributed by atoms with Crippen LogP contribution in [0.5, 0.6) is 0 Å². The first-order valence-corrected chi connectivity index (χ1v) is 3.01. The molecule has 5 nitrogen and oxygen atoms in total. The number of nitrogens with one attached hydrogen (secondary N) is 1. The van der Waals surface area contributed by atoms with Gasteiger partial charge in [-0.25, -0.2) is 5.06 Å². The van der Waals surface area contributed by atoms with Gasteiger partial charge in [-0.05, 0) is 6.08 Å². The van der Waals surface area contributed by atoms with Crippen molar-refractivity contribution in [3.63, 3.8) is 0 Å². The van der Waals surface area contributed by atoms with Gasteiger partial charge in [0.1, 0.15) is 0 Å². The summed E-state index contributed by atoms with van der Waals surface area (Å²) < 4.78 is 0. The molecule has 0 atom stereocenters. The number of amides is 2. The largest absolute Gasteiger partial charge is 0.351 e. The van der Waals surface area contributed by atoms with Crippen LogP contribution >= 0.6 is 0 Å². The van der Waals surface area contributed by atoms with E-state index in [-0.39, 0.29) is 25.4 Å². The summed E-state index contributed by atoms with van der Waals surface area (Å²) in [5.41, 5.74) is 0. The van der Waals surface area contributed by atoms with Gasteiger partial charge >= 0.3 is 0 Å². The lowest BCUT2D eigenvalue weighted by atomic mass is 10.5. The summed E-state index contributed by atoms with van der Waals surface area (Å²) in [7, 11) is 0. The fourth-order valence-electron chi connectivity index (χ4n) is 0.419. The molecule has 0 aromatic carbocycles. The smallest absolute Gasteiger partial charge is 0.243 e. The van der Waals surface area contributed by atoms with Crippen LogP contribution in [0.25, 0.3) is 0 Å². The lowest BCUT2D eigenvalue weighted by molar-refractivity contribution is -0.149. The van der Waals surface area contributed by atoms with Crippen LogP contribution in [0.2, 0.25) is 0 Å². The Morgan fingerprint density at radius 3 is 2.82 bits per heavy atom. The Morgan fingerprint density at radius 1 is 1.73 bits per heavy atom. The zero-order valence-corrected chi connectivity index (χ0v) is 5.99. The topological polar surface area (TPSA) is 69.6 Å². The fourth-order valence-corrected chi connectivity index (χ4v) is 0.419. The molecular formula is C6H10N2O3. The molecule has 0 spiro atoms. The van der Waals surface area contributed by atoms with E-state index < -0.39 is 0 Å². The highest BCUT2D eigenvalue weighted by Gasteiger charge is 1.96. The van der Waals surface area contributed by atoms with Crippen LogP contribution in [-0.2, 0) is 9.59 Å². The number of hydrogen-bond acceptors (Lipinski definition) is 3. The summed E-state index contributed by atoms with van der Waals surface area (Å²) in [6.45, 7) is 3.50. The summed E-state index contributed by atoms with van der Waals surface area (Å²) in [6.07, 6.45) is 1.38. The van der Waals surface area contributed by atoms with Crippen LogP contribution in [-0.4, -0.2) is 35.7 Å². The minimum Gasteiger partial charge on any atom is -0.351 e. The average Bonchev–Trinajstić information content (AvgIpc) is 2.04. The summed E-state index contributed by atoms with van der Waals surface area (Å²) >= 11 is 0. The molecule has 0 bridgehead atoms. The molecule has 5 heteroatoms. The van der Waals surface area contributed by atoms with Crippen molar-refractivity contribution in [1.29, 1.82) is 0 Å². The maximum absolute atomic E-state index is 10.5. The Bertz CT molecular complexity index is 158. The third kappa shape index (κ3) is 5.10. The van der Waals surface area contributed by atoms with Crippen molar-refractivity contribution in [2.75, 3.05) is 13.1 Å². The van der Waals surface area contributed by atoms with Gasteiger partial charge in [-0.3, -0.25) is 14.8 Å². The zero-order chi connectivity index (χ0) is 8.69. The van der Waals surface area contributed by atoms with Gasteiger partial charge < -0.3 is 5.32 Å². The minimum atomic E-state index is -0.329. The molecule has 0 saturated heterocycles. The maximum Gasteiger partial charge on any atom is 0.243 e. The van der Waals surface area contributed by atoms with Gasteiger partial charge in [-0.2, -0.15) is 0 Å². The molecule has 0 saturated carbocycles. The second-order valence-corrected chi connectivity index (χ2v) is 1.76. The van der Waals surface area contributed by atoms with E-state index in [0.717, 1.165) is 6.08 Å². The third-order valence-corrected chi connectivity index (χ3v) is 0.947. The average molecular weight is 158 g/mol. The van der Waals surface area contributed by atoms with Gasteiger partial charge in [-0.1, -0.05) is 6.58 Å². The van der Waals surface area contributed by atoms with Gasteiger partial charge in [0.05, 0.1) is 6.54 Å². The molecule has 0 aliphatic carbocycles. The van der Waals surface area contributed by atoms with Crippen LogP contribution < -0.4 is 5.32 Å². The van der Waals surface area contributed by atoms with Gasteiger partial charge in [0.2, 0.25) is 12.3 Å². The quantitative estimate of drug-likeness (QED) is 0.236. The first kappa shape index (κ1) is 9.64. The molecule has 62 valence electrons. The lowest BCUT2D eigenvalue weighted by Gasteiger charge is -2.07. The van der Waals surface area contributed by atoms with Crippen molar-refractivity contribution < 1.29 is 14.8 Å². The van der Waals surface area contributed by atoms with Crippen LogP contribution in [0, 0.1) is 0 Å². The molecule has 0 heterocycles. The van der Waals surface area contributed by atoms with Crippen LogP contribution in [0.15, 0.2) is 12.7 Å². The molecule has 0 fully saturated rings. The molecule has 0 aliphatic rings. The number of nitrogens with zero attached hydrogens (tertiary/aromatic N) is 1. The Labute approximate surface area is 64.3 Å². The molecule has 2 amide bonds. The fraction of sp³-hybridized carbons (Fsp3) is 0.333. The van der Waals surface area contributed by atoms with Crippen molar-refractivity contribution in [3.05, 3.63) is 12.7 Å². The standard InChI is InChI=1S/C6H10N2O3/c1-2-6(10)7-3-4-8(11)5-9/h2,5,11H,1,3-4H2,(H,7,10). The molecule has 11 heavy (non-hydrogen) atoms. The molecule has 0 radical (unpaired) electrons. The van der Waals surface area contributed by atoms with E-state index in [1.807, 2.05) is 0 Å². The molecule has 0 unspecified atom stereocenters. The zero-order valence-electron chi connectivity index (χ0n) is 5.99. The number of hydroxylamine groups is 2. The van der Waals surface area contributed by atoms with Gasteiger partial charge in [0.15, 0.2) is 0 Å². The van der Waals surface area contributed by atoms with Crippen LogP contribution in [0.3, 0.4) is 0 Å². The Hall–Kier alpha value is -1.36. The summed E-state index contributed by atoms with van der Waals surface area (Å²) in [5.74, 6) is -0.329. The van der Waals surface area contributed by atoms with Crippen molar-refractivity contribution in [1.82, 2.24) is 10.4 Å². The van der Waals surface area contributed by atoms with Crippen molar-refractivity contribution in [3.8, 4) is 0 Å². The highest BCUT2D eigenvalue weighted by Crippen LogP contribution is 1.72. The Balaban J connectivity index is 3.33. The monoisotopic (exact) mass is 158 g/mol. The summed E-state index contributed by atoms with van der Waals surface area (Å²) in [5, 5.41) is 11.4. The lowest BCUT2D eigenvalue weighted by Crippen LogP contribution is -2.31. The highest BCUT2D eigenvalue weighted by atomic mass is 16.5. The highest BCUT2D eigenvalue weighted by molar-refractivity contribution is 5.86. The minimum absolute atomic E-state index is 0.0725. The SMILES string of the molecule is C=CC(=O)NCCN(O)C=O. The van der Waals surface area contributed by atoms with E-state index in [1.54, 1.807) is 0 Å². The Morgan fingerprint density at radius 2 is 2.36 bits per heavy atom. The van der Waals surface area contributed by atoms with E-state index in [1.165, 1.54) is 0 Å². The second kappa shape index (κ2) is 5.43. The van der Waals surface area contributed by atoms with E-state index in [9.17, 15) is 9.59 Å². The first-order valence-electron chi connectivity index (χ1n) is 3.01. The first-order chi connectivity index (χ1) is 5.20. The van der Waals surface area contributed by atoms with Crippen LogP contribution in [0.4, 0.5) is 0 Å². The van der Waals surface area contributed by atoms with Crippen molar-refractivity contribution in [2.24, 2.45) is 0 Å².